The number of carbonyl (C=O) groups excluding carboxylic acids is 1. The van der Waals surface area contributed by atoms with Gasteiger partial charge >= 0.3 is 0 Å². The number of aromatic nitrogens is 2. The Kier molecular flexibility index (Phi) is 6.28. The predicted octanol–water partition coefficient (Wildman–Crippen LogP) is 7.35. The molecule has 0 fully saturated rings. The molecule has 7 heteroatoms. The maximum Gasteiger partial charge on any atom is 0.273 e. The van der Waals surface area contributed by atoms with Gasteiger partial charge in [-0.2, -0.15) is 5.10 Å². The van der Waals surface area contributed by atoms with E-state index in [2.05, 4.69) is 5.10 Å². The van der Waals surface area contributed by atoms with E-state index in [0.29, 0.717) is 22.2 Å². The van der Waals surface area contributed by atoms with Crippen molar-refractivity contribution in [2.75, 3.05) is 0 Å². The fourth-order valence-corrected chi connectivity index (χ4v) is 4.46. The van der Waals surface area contributed by atoms with Crippen molar-refractivity contribution in [1.82, 2.24) is 9.78 Å². The van der Waals surface area contributed by atoms with Gasteiger partial charge in [-0.15, -0.1) is 0 Å². The van der Waals surface area contributed by atoms with Gasteiger partial charge in [0.05, 0.1) is 16.4 Å². The van der Waals surface area contributed by atoms with Crippen molar-refractivity contribution < 1.29 is 9.18 Å². The van der Waals surface area contributed by atoms with E-state index in [1.165, 1.54) is 12.1 Å². The van der Waals surface area contributed by atoms with Crippen LogP contribution < -0.4 is 0 Å². The topological polar surface area (TPSA) is 34.9 Å². The maximum absolute atomic E-state index is 13.4. The molecule has 0 saturated carbocycles. The first-order chi connectivity index (χ1) is 14.4. The summed E-state index contributed by atoms with van der Waals surface area (Å²) in [6, 6.07) is 11.4. The van der Waals surface area contributed by atoms with Gasteiger partial charge < -0.3 is 0 Å². The molecular weight excluding hydrogens is 446 g/mol. The van der Waals surface area contributed by atoms with Crippen molar-refractivity contribution in [2.24, 2.45) is 0 Å². The van der Waals surface area contributed by atoms with Crippen LogP contribution in [0.3, 0.4) is 0 Å². The Balaban J connectivity index is 1.97. The van der Waals surface area contributed by atoms with Crippen molar-refractivity contribution in [3.63, 3.8) is 0 Å². The molecular formula is C23H18Cl3FN2O. The predicted molar refractivity (Wildman–Crippen MR) is 120 cm³/mol. The van der Waals surface area contributed by atoms with Gasteiger partial charge in [-0.3, -0.25) is 4.79 Å². The molecule has 30 heavy (non-hydrogen) atoms. The average molecular weight is 464 g/mol. The van der Waals surface area contributed by atoms with Crippen LogP contribution >= 0.6 is 34.8 Å². The van der Waals surface area contributed by atoms with Crippen LogP contribution in [0, 0.1) is 5.82 Å². The zero-order valence-corrected chi connectivity index (χ0v) is 18.2. The summed E-state index contributed by atoms with van der Waals surface area (Å²) < 4.78 is 15.1. The van der Waals surface area contributed by atoms with Crippen LogP contribution in [0.2, 0.25) is 10.0 Å². The van der Waals surface area contributed by atoms with Crippen LogP contribution in [0.25, 0.3) is 17.3 Å². The van der Waals surface area contributed by atoms with Gasteiger partial charge in [-0.05, 0) is 84.8 Å². The molecule has 0 unspecified atom stereocenters. The first-order valence-electron chi connectivity index (χ1n) is 9.67. The van der Waals surface area contributed by atoms with Crippen LogP contribution in [-0.2, 0) is 6.42 Å². The Morgan fingerprint density at radius 3 is 2.47 bits per heavy atom. The van der Waals surface area contributed by atoms with Crippen LogP contribution in [0.15, 0.2) is 42.5 Å². The molecule has 3 aromatic rings. The van der Waals surface area contributed by atoms with Gasteiger partial charge in [-0.25, -0.2) is 9.07 Å². The molecule has 0 saturated heterocycles. The number of benzene rings is 2. The minimum absolute atomic E-state index is 0.240. The van der Waals surface area contributed by atoms with E-state index in [-0.39, 0.29) is 11.5 Å². The van der Waals surface area contributed by atoms with Gasteiger partial charge in [0.2, 0.25) is 0 Å². The molecule has 4 rings (SSSR count). The van der Waals surface area contributed by atoms with Crippen LogP contribution in [0.5, 0.6) is 0 Å². The molecule has 1 heterocycles. The standard InChI is InChI=1S/C23H18Cl3FN2O/c24-16-8-11-20(19(25)13-16)29-22-15(12-14-6-9-17(27)10-7-14)4-2-1-3-5-18(22)21(28-29)23(26)30/h6-13H,1-5H2/b15-12+. The number of nitrogens with zero attached hydrogens (tertiary/aromatic N) is 2. The molecule has 0 radical (unpaired) electrons. The van der Waals surface area contributed by atoms with E-state index >= 15 is 0 Å². The van der Waals surface area contributed by atoms with Gasteiger partial charge in [0.1, 0.15) is 11.5 Å². The highest BCUT2D eigenvalue weighted by Gasteiger charge is 2.26. The quantitative estimate of drug-likeness (QED) is 0.380. The van der Waals surface area contributed by atoms with Crippen molar-refractivity contribution in [3.05, 3.63) is 80.8 Å². The molecule has 1 aromatic heterocycles. The molecule has 2 aromatic carbocycles. The highest BCUT2D eigenvalue weighted by molar-refractivity contribution is 6.67. The van der Waals surface area contributed by atoms with Gasteiger partial charge in [0.25, 0.3) is 5.24 Å². The van der Waals surface area contributed by atoms with E-state index in [4.69, 9.17) is 34.8 Å². The van der Waals surface area contributed by atoms with Gasteiger partial charge in [-0.1, -0.05) is 41.8 Å². The zero-order valence-electron chi connectivity index (χ0n) is 16.0. The largest absolute Gasteiger partial charge is 0.274 e. The molecule has 0 spiro atoms. The van der Waals surface area contributed by atoms with E-state index < -0.39 is 5.24 Å². The van der Waals surface area contributed by atoms with E-state index in [0.717, 1.165) is 48.1 Å². The third-order valence-electron chi connectivity index (χ3n) is 5.20. The van der Waals surface area contributed by atoms with Crippen LogP contribution in [0.4, 0.5) is 4.39 Å². The van der Waals surface area contributed by atoms with E-state index in [1.54, 1.807) is 35.0 Å². The van der Waals surface area contributed by atoms with E-state index in [1.807, 2.05) is 6.08 Å². The summed E-state index contributed by atoms with van der Waals surface area (Å²) in [6.07, 6.45) is 6.45. The van der Waals surface area contributed by atoms with Crippen molar-refractivity contribution in [1.29, 1.82) is 0 Å². The molecule has 154 valence electrons. The Morgan fingerprint density at radius 1 is 1.03 bits per heavy atom. The molecule has 0 bridgehead atoms. The number of hydrogen-bond donors (Lipinski definition) is 0. The molecule has 0 aliphatic heterocycles. The molecule has 1 aliphatic carbocycles. The summed E-state index contributed by atoms with van der Waals surface area (Å²) in [5.74, 6) is -0.288. The van der Waals surface area contributed by atoms with Crippen LogP contribution in [0.1, 0.15) is 53.0 Å². The molecule has 0 amide bonds. The minimum atomic E-state index is -0.600. The van der Waals surface area contributed by atoms with Crippen LogP contribution in [-0.4, -0.2) is 15.0 Å². The molecule has 0 N–H and O–H groups in total. The molecule has 1 aliphatic rings. The molecule has 3 nitrogen and oxygen atoms in total. The zero-order chi connectivity index (χ0) is 21.3. The number of rotatable bonds is 3. The number of allylic oxidation sites excluding steroid dienone is 1. The Morgan fingerprint density at radius 2 is 1.77 bits per heavy atom. The lowest BCUT2D eigenvalue weighted by Gasteiger charge is -2.17. The summed E-state index contributed by atoms with van der Waals surface area (Å²) >= 11 is 18.4. The SMILES string of the molecule is O=C(Cl)c1nn(-c2ccc(Cl)cc2Cl)c2c1CCCCC/C2=C\c1ccc(F)cc1. The number of fused-ring (bicyclic) bond motifs is 1. The van der Waals surface area contributed by atoms with Crippen molar-refractivity contribution in [2.45, 2.75) is 32.1 Å². The van der Waals surface area contributed by atoms with Gasteiger partial charge in [0.15, 0.2) is 0 Å². The highest BCUT2D eigenvalue weighted by atomic mass is 35.5. The van der Waals surface area contributed by atoms with E-state index in [9.17, 15) is 9.18 Å². The fraction of sp³-hybridized carbons (Fsp3) is 0.217. The second-order valence-corrected chi connectivity index (χ2v) is 8.43. The second-order valence-electron chi connectivity index (χ2n) is 7.24. The second kappa shape index (κ2) is 8.93. The third-order valence-corrected chi connectivity index (χ3v) is 5.91. The van der Waals surface area contributed by atoms with Crippen molar-refractivity contribution in [3.8, 4) is 5.69 Å². The number of halogens is 4. The first-order valence-corrected chi connectivity index (χ1v) is 10.8. The lowest BCUT2D eigenvalue weighted by atomic mass is 9.91. The van der Waals surface area contributed by atoms with Crippen molar-refractivity contribution >= 4 is 51.7 Å². The number of carbonyl (C=O) groups is 1. The summed E-state index contributed by atoms with van der Waals surface area (Å²) in [5, 5.41) is 4.88. The summed E-state index contributed by atoms with van der Waals surface area (Å²) in [6.45, 7) is 0. The Labute approximate surface area is 189 Å². The maximum atomic E-state index is 13.4. The number of hydrogen-bond acceptors (Lipinski definition) is 2. The summed E-state index contributed by atoms with van der Waals surface area (Å²) in [5.41, 5.74) is 4.35. The lowest BCUT2D eigenvalue weighted by Crippen LogP contribution is -2.06. The fourth-order valence-electron chi connectivity index (χ4n) is 3.82. The molecule has 0 atom stereocenters. The first kappa shape index (κ1) is 21.1. The summed E-state index contributed by atoms with van der Waals surface area (Å²) in [7, 11) is 0. The normalized spacial score (nSPS) is 15.5. The third kappa shape index (κ3) is 4.31. The Hall–Kier alpha value is -2.14. The monoisotopic (exact) mass is 462 g/mol. The minimum Gasteiger partial charge on any atom is -0.274 e. The smallest absolute Gasteiger partial charge is 0.273 e. The average Bonchev–Trinajstić information content (AvgIpc) is 3.05. The van der Waals surface area contributed by atoms with Gasteiger partial charge in [0, 0.05) is 10.6 Å². The summed E-state index contributed by atoms with van der Waals surface area (Å²) in [4.78, 5) is 12.2. The highest BCUT2D eigenvalue weighted by Crippen LogP contribution is 2.36. The lowest BCUT2D eigenvalue weighted by molar-refractivity contribution is 0.107. The Bertz CT molecular complexity index is 1140.